The van der Waals surface area contributed by atoms with Crippen molar-refractivity contribution in [3.05, 3.63) is 24.3 Å². The van der Waals surface area contributed by atoms with Crippen molar-refractivity contribution in [2.75, 3.05) is 49.1 Å². The number of hydrogen-bond acceptors (Lipinski definition) is 4. The van der Waals surface area contributed by atoms with E-state index in [1.54, 1.807) is 6.07 Å². The van der Waals surface area contributed by atoms with Crippen LogP contribution in [0.3, 0.4) is 0 Å². The van der Waals surface area contributed by atoms with Crippen LogP contribution in [0.5, 0.6) is 0 Å². The van der Waals surface area contributed by atoms with Crippen LogP contribution in [0.2, 0.25) is 0 Å². The van der Waals surface area contributed by atoms with Crippen LogP contribution in [-0.2, 0) is 10.0 Å². The first-order valence-corrected chi connectivity index (χ1v) is 9.34. The van der Waals surface area contributed by atoms with Crippen LogP contribution >= 0.6 is 0 Å². The number of hydrogen-bond donors (Lipinski definition) is 1. The first-order valence-electron chi connectivity index (χ1n) is 7.45. The van der Waals surface area contributed by atoms with Gasteiger partial charge >= 0.3 is 0 Å². The molecule has 0 aliphatic carbocycles. The van der Waals surface area contributed by atoms with Gasteiger partial charge in [-0.25, -0.2) is 8.42 Å². The largest absolute Gasteiger partial charge is 0.373 e. The molecule has 1 aliphatic rings. The van der Waals surface area contributed by atoms with Gasteiger partial charge in [0.15, 0.2) is 0 Å². The molecule has 1 fully saturated rings. The highest BCUT2D eigenvalue weighted by molar-refractivity contribution is 7.92. The topological polar surface area (TPSA) is 52.6 Å². The van der Waals surface area contributed by atoms with E-state index >= 15 is 0 Å². The molecule has 0 saturated carbocycles. The molecule has 2 rings (SSSR count). The van der Waals surface area contributed by atoms with E-state index in [-0.39, 0.29) is 0 Å². The third-order valence-electron chi connectivity index (χ3n) is 3.79. The van der Waals surface area contributed by atoms with Crippen LogP contribution in [0.15, 0.2) is 24.3 Å². The molecule has 0 unspecified atom stereocenters. The van der Waals surface area contributed by atoms with Crippen LogP contribution in [0, 0.1) is 0 Å². The Morgan fingerprint density at radius 1 is 1.24 bits per heavy atom. The summed E-state index contributed by atoms with van der Waals surface area (Å²) in [6.07, 6.45) is 5.13. The van der Waals surface area contributed by atoms with E-state index in [1.165, 1.54) is 38.6 Å². The van der Waals surface area contributed by atoms with Gasteiger partial charge in [0.2, 0.25) is 10.0 Å². The van der Waals surface area contributed by atoms with E-state index in [0.717, 1.165) is 18.8 Å². The van der Waals surface area contributed by atoms with E-state index < -0.39 is 10.0 Å². The Bertz CT molecular complexity index is 554. The molecule has 6 heteroatoms. The molecule has 1 heterocycles. The monoisotopic (exact) mass is 311 g/mol. The summed E-state index contributed by atoms with van der Waals surface area (Å²) in [5, 5.41) is 0. The average Bonchev–Trinajstić information content (AvgIpc) is 2.44. The van der Waals surface area contributed by atoms with Gasteiger partial charge in [-0.05, 0) is 44.1 Å². The van der Waals surface area contributed by atoms with Gasteiger partial charge in [0, 0.05) is 25.8 Å². The Balaban J connectivity index is 1.92. The molecule has 0 amide bonds. The highest BCUT2D eigenvalue weighted by Crippen LogP contribution is 2.19. The average molecular weight is 311 g/mol. The summed E-state index contributed by atoms with van der Waals surface area (Å²) in [5.41, 5.74) is 1.64. The van der Waals surface area contributed by atoms with Crippen LogP contribution in [0.25, 0.3) is 0 Å². The number of likely N-dealkylation sites (N-methyl/N-ethyl adjacent to an activating group) is 1. The van der Waals surface area contributed by atoms with E-state index in [2.05, 4.69) is 14.5 Å². The predicted octanol–water partition coefficient (Wildman–Crippen LogP) is 1.98. The second kappa shape index (κ2) is 7.13. The molecule has 0 bridgehead atoms. The zero-order valence-electron chi connectivity index (χ0n) is 12.9. The predicted molar refractivity (Wildman–Crippen MR) is 88.5 cm³/mol. The van der Waals surface area contributed by atoms with Crippen LogP contribution in [-0.4, -0.2) is 52.8 Å². The van der Waals surface area contributed by atoms with Gasteiger partial charge in [-0.2, -0.15) is 0 Å². The molecule has 0 aromatic heterocycles. The lowest BCUT2D eigenvalue weighted by molar-refractivity contribution is 0.234. The molecule has 0 spiro atoms. The summed E-state index contributed by atoms with van der Waals surface area (Å²) in [7, 11) is -1.18. The fraction of sp³-hybridized carbons (Fsp3) is 0.600. The molecule has 1 aromatic carbocycles. The van der Waals surface area contributed by atoms with E-state index in [0.29, 0.717) is 5.69 Å². The standard InChI is InChI=1S/C15H25N3O2S/c1-17(11-12-18-9-4-3-5-10-18)15-8-6-7-14(13-15)16-21(2,19)20/h6-8,13,16H,3-5,9-12H2,1-2H3. The fourth-order valence-corrected chi connectivity index (χ4v) is 3.18. The highest BCUT2D eigenvalue weighted by atomic mass is 32.2. The Kier molecular flexibility index (Phi) is 5.47. The van der Waals surface area contributed by atoms with Crippen molar-refractivity contribution in [3.8, 4) is 0 Å². The Hall–Kier alpha value is -1.27. The summed E-state index contributed by atoms with van der Waals surface area (Å²) in [4.78, 5) is 4.67. The van der Waals surface area contributed by atoms with Crippen LogP contribution in [0.1, 0.15) is 19.3 Å². The van der Waals surface area contributed by atoms with Crippen molar-refractivity contribution < 1.29 is 8.42 Å². The van der Waals surface area contributed by atoms with Crippen molar-refractivity contribution in [2.45, 2.75) is 19.3 Å². The van der Waals surface area contributed by atoms with Gasteiger partial charge in [-0.3, -0.25) is 4.72 Å². The summed E-state index contributed by atoms with van der Waals surface area (Å²) in [6, 6.07) is 7.52. The molecule has 0 radical (unpaired) electrons. The Labute approximate surface area is 128 Å². The molecular weight excluding hydrogens is 286 g/mol. The summed E-state index contributed by atoms with van der Waals surface area (Å²) >= 11 is 0. The normalized spacial score (nSPS) is 16.7. The third kappa shape index (κ3) is 5.55. The lowest BCUT2D eigenvalue weighted by Crippen LogP contribution is -2.36. The number of sulfonamides is 1. The fourth-order valence-electron chi connectivity index (χ4n) is 2.62. The van der Waals surface area contributed by atoms with Crippen LogP contribution < -0.4 is 9.62 Å². The number of nitrogens with zero attached hydrogens (tertiary/aromatic N) is 2. The van der Waals surface area contributed by atoms with Crippen molar-refractivity contribution in [3.63, 3.8) is 0 Å². The molecule has 1 N–H and O–H groups in total. The van der Waals surface area contributed by atoms with E-state index in [9.17, 15) is 8.42 Å². The lowest BCUT2D eigenvalue weighted by atomic mass is 10.1. The Morgan fingerprint density at radius 3 is 2.62 bits per heavy atom. The van der Waals surface area contributed by atoms with Gasteiger partial charge in [0.1, 0.15) is 0 Å². The van der Waals surface area contributed by atoms with E-state index in [1.807, 2.05) is 25.2 Å². The molecule has 118 valence electrons. The minimum Gasteiger partial charge on any atom is -0.373 e. The minimum atomic E-state index is -3.23. The minimum absolute atomic E-state index is 0.611. The summed E-state index contributed by atoms with van der Waals surface area (Å²) in [5.74, 6) is 0. The second-order valence-corrected chi connectivity index (χ2v) is 7.50. The zero-order chi connectivity index (χ0) is 15.3. The highest BCUT2D eigenvalue weighted by Gasteiger charge is 2.11. The molecule has 0 atom stereocenters. The molecule has 1 aromatic rings. The maximum atomic E-state index is 11.3. The van der Waals surface area contributed by atoms with E-state index in [4.69, 9.17) is 0 Å². The van der Waals surface area contributed by atoms with Crippen molar-refractivity contribution in [1.29, 1.82) is 0 Å². The van der Waals surface area contributed by atoms with Crippen molar-refractivity contribution in [2.24, 2.45) is 0 Å². The first kappa shape index (κ1) is 16.1. The number of benzene rings is 1. The maximum absolute atomic E-state index is 11.3. The first-order chi connectivity index (χ1) is 9.94. The van der Waals surface area contributed by atoms with Gasteiger partial charge in [-0.15, -0.1) is 0 Å². The number of nitrogens with one attached hydrogen (secondary N) is 1. The second-order valence-electron chi connectivity index (χ2n) is 5.75. The summed E-state index contributed by atoms with van der Waals surface area (Å²) in [6.45, 7) is 4.40. The Morgan fingerprint density at radius 2 is 1.95 bits per heavy atom. The smallest absolute Gasteiger partial charge is 0.229 e. The zero-order valence-corrected chi connectivity index (χ0v) is 13.7. The number of piperidine rings is 1. The quantitative estimate of drug-likeness (QED) is 0.873. The molecule has 21 heavy (non-hydrogen) atoms. The van der Waals surface area contributed by atoms with Gasteiger partial charge in [0.25, 0.3) is 0 Å². The van der Waals surface area contributed by atoms with Gasteiger partial charge < -0.3 is 9.80 Å². The van der Waals surface area contributed by atoms with Gasteiger partial charge in [-0.1, -0.05) is 12.5 Å². The third-order valence-corrected chi connectivity index (χ3v) is 4.40. The maximum Gasteiger partial charge on any atom is 0.229 e. The number of likely N-dealkylation sites (tertiary alicyclic amines) is 1. The molecule has 1 saturated heterocycles. The molecular formula is C15H25N3O2S. The number of anilines is 2. The molecule has 1 aliphatic heterocycles. The van der Waals surface area contributed by atoms with Crippen molar-refractivity contribution >= 4 is 21.4 Å². The number of rotatable bonds is 6. The van der Waals surface area contributed by atoms with Crippen LogP contribution in [0.4, 0.5) is 11.4 Å². The lowest BCUT2D eigenvalue weighted by Gasteiger charge is -2.29. The molecule has 5 nitrogen and oxygen atoms in total. The van der Waals surface area contributed by atoms with Crippen molar-refractivity contribution in [1.82, 2.24) is 4.90 Å². The summed E-state index contributed by atoms with van der Waals surface area (Å²) < 4.78 is 25.1. The SMILES string of the molecule is CN(CCN1CCCCC1)c1cccc(NS(C)(=O)=O)c1. The van der Waals surface area contributed by atoms with Gasteiger partial charge in [0.05, 0.1) is 11.9 Å².